The van der Waals surface area contributed by atoms with Gasteiger partial charge in [0.25, 0.3) is 0 Å². The first kappa shape index (κ1) is 25.1. The Hall–Kier alpha value is 0.116. The molecule has 0 heterocycles. The zero-order valence-corrected chi connectivity index (χ0v) is 9.95. The molecule has 0 aliphatic rings. The van der Waals surface area contributed by atoms with Crippen LogP contribution in [0, 0.1) is 0 Å². The fraction of sp³-hybridized carbons (Fsp3) is 0. The second kappa shape index (κ2) is 9.18. The molecule has 12 nitrogen and oxygen atoms in total. The van der Waals surface area contributed by atoms with Crippen molar-refractivity contribution in [3.8, 4) is 0 Å². The van der Waals surface area contributed by atoms with E-state index in [0.29, 0.717) is 0 Å². The maximum absolute atomic E-state index is 8.52. The molecule has 0 unspecified atom stereocenters. The van der Waals surface area contributed by atoms with Gasteiger partial charge in [-0.3, -0.25) is 25.3 Å². The molecule has 0 bridgehead atoms. The predicted octanol–water partition coefficient (Wildman–Crippen LogP) is -4.02. The summed E-state index contributed by atoms with van der Waals surface area (Å²) in [5.41, 5.74) is 0. The Labute approximate surface area is 101 Å². The van der Waals surface area contributed by atoms with Crippen LogP contribution in [0.2, 0.25) is 0 Å². The van der Waals surface area contributed by atoms with E-state index in [1.54, 1.807) is 0 Å². The van der Waals surface area contributed by atoms with Crippen LogP contribution in [0.4, 0.5) is 0 Å². The van der Waals surface area contributed by atoms with Crippen LogP contribution in [0.1, 0.15) is 0 Å². The van der Waals surface area contributed by atoms with E-state index >= 15 is 0 Å². The molecule has 0 saturated heterocycles. The Morgan fingerprint density at radius 1 is 0.438 bits per heavy atom. The normalized spacial score (nSPS) is 10.9. The van der Waals surface area contributed by atoms with Crippen LogP contribution in [0.5, 0.6) is 0 Å². The molecule has 0 aliphatic carbocycles. The molecule has 0 atom stereocenters. The summed E-state index contributed by atoms with van der Waals surface area (Å²) in [7, 11) is -15.5. The molecular formula is CoO12S3-6. The van der Waals surface area contributed by atoms with Crippen molar-refractivity contribution in [3.05, 3.63) is 0 Å². The largest absolute Gasteiger partial charge is 0.759 e. The summed E-state index contributed by atoms with van der Waals surface area (Å²) in [5.74, 6) is 0. The number of hydrogen-bond acceptors (Lipinski definition) is 12. The third kappa shape index (κ3) is 179000. The molecule has 0 rings (SSSR count). The second-order valence-corrected chi connectivity index (χ2v) is 3.67. The van der Waals surface area contributed by atoms with Crippen LogP contribution >= 0.6 is 0 Å². The Morgan fingerprint density at radius 3 is 0.438 bits per heavy atom. The fourth-order valence-electron chi connectivity index (χ4n) is 0. The van der Waals surface area contributed by atoms with Crippen LogP contribution in [-0.4, -0.2) is 52.6 Å². The monoisotopic (exact) mass is 347 g/mol. The molecule has 0 saturated carbocycles. The quantitative estimate of drug-likeness (QED) is 0.300. The first-order valence-corrected chi connectivity index (χ1v) is 6.00. The van der Waals surface area contributed by atoms with Gasteiger partial charge in [0, 0.05) is 48.0 Å². The van der Waals surface area contributed by atoms with Crippen LogP contribution < -0.4 is 0 Å². The molecule has 0 spiro atoms. The van der Waals surface area contributed by atoms with E-state index in [-0.39, 0.29) is 16.8 Å². The van der Waals surface area contributed by atoms with Crippen LogP contribution in [0.15, 0.2) is 0 Å². The van der Waals surface area contributed by atoms with Crippen molar-refractivity contribution in [3.63, 3.8) is 0 Å². The van der Waals surface area contributed by atoms with Gasteiger partial charge < -0.3 is 27.3 Å². The first-order chi connectivity index (χ1) is 6.00. The van der Waals surface area contributed by atoms with E-state index in [2.05, 4.69) is 0 Å². The smallest absolute Gasteiger partial charge is 0.0311 e. The predicted molar refractivity (Wildman–Crippen MR) is 31.4 cm³/mol. The van der Waals surface area contributed by atoms with E-state index in [1.165, 1.54) is 0 Å². The maximum Gasteiger partial charge on any atom is 0.0311 e. The molecule has 0 aromatic carbocycles. The van der Waals surface area contributed by atoms with Gasteiger partial charge in [0.2, 0.25) is 0 Å². The van der Waals surface area contributed by atoms with E-state index < -0.39 is 31.2 Å². The van der Waals surface area contributed by atoms with Crippen molar-refractivity contribution >= 4 is 31.2 Å². The summed E-state index contributed by atoms with van der Waals surface area (Å²) in [6.07, 6.45) is 0. The van der Waals surface area contributed by atoms with Crippen molar-refractivity contribution < 1.29 is 69.3 Å². The third-order valence-corrected chi connectivity index (χ3v) is 0. The Kier molecular flexibility index (Phi) is 14.4. The van der Waals surface area contributed by atoms with E-state index in [4.69, 9.17) is 52.6 Å². The van der Waals surface area contributed by atoms with Gasteiger partial charge in [-0.15, -0.1) is 0 Å². The van der Waals surface area contributed by atoms with Crippen LogP contribution in [0.25, 0.3) is 0 Å². The molecule has 0 aromatic heterocycles. The van der Waals surface area contributed by atoms with Crippen molar-refractivity contribution in [1.82, 2.24) is 0 Å². The van der Waals surface area contributed by atoms with E-state index in [0.717, 1.165) is 0 Å². The third-order valence-electron chi connectivity index (χ3n) is 0. The van der Waals surface area contributed by atoms with Crippen molar-refractivity contribution in [2.24, 2.45) is 0 Å². The summed E-state index contributed by atoms with van der Waals surface area (Å²) >= 11 is 0. The summed E-state index contributed by atoms with van der Waals surface area (Å²) in [5, 5.41) is 0. The summed E-state index contributed by atoms with van der Waals surface area (Å²) in [4.78, 5) is 0. The standard InChI is InChI=1S/Co.3H2O4S/c;3*1-5(2,3)4/h;3*(H2,1,2,3,4)/p-6. The topological polar surface area (TPSA) is 241 Å². The van der Waals surface area contributed by atoms with Gasteiger partial charge in [-0.05, 0) is 0 Å². The summed E-state index contributed by atoms with van der Waals surface area (Å²) < 4.78 is 102. The number of rotatable bonds is 0. The molecule has 0 aromatic rings. The molecule has 0 aliphatic heterocycles. The van der Waals surface area contributed by atoms with Gasteiger partial charge in [-0.1, -0.05) is 0 Å². The zero-order valence-electron chi connectivity index (χ0n) is 6.46. The van der Waals surface area contributed by atoms with Gasteiger partial charge in [0.05, 0.1) is 0 Å². The van der Waals surface area contributed by atoms with E-state index in [9.17, 15) is 0 Å². The molecule has 1 radical (unpaired) electrons. The minimum Gasteiger partial charge on any atom is -0.759 e. The Morgan fingerprint density at radius 2 is 0.438 bits per heavy atom. The Balaban J connectivity index is -0.0000000655. The first-order valence-electron chi connectivity index (χ1n) is 2.00. The van der Waals surface area contributed by atoms with Crippen molar-refractivity contribution in [2.45, 2.75) is 0 Å². The SMILES string of the molecule is O=S(=O)([O-])[O-].O=S(=O)([O-])[O-].O=S(=O)([O-])[O-].[Co]. The van der Waals surface area contributed by atoms with E-state index in [1.807, 2.05) is 0 Å². The molecule has 0 fully saturated rings. The minimum absolute atomic E-state index is 0. The number of hydrogen-bond donors (Lipinski definition) is 0. The molecule has 16 heavy (non-hydrogen) atoms. The summed E-state index contributed by atoms with van der Waals surface area (Å²) in [6, 6.07) is 0. The van der Waals surface area contributed by atoms with Gasteiger partial charge in [0.15, 0.2) is 0 Å². The van der Waals surface area contributed by atoms with Crippen molar-refractivity contribution in [1.29, 1.82) is 0 Å². The molecule has 16 heteroatoms. The average molecular weight is 347 g/mol. The maximum atomic E-state index is 8.52. The molecule has 105 valence electrons. The second-order valence-electron chi connectivity index (χ2n) is 1.22. The van der Waals surface area contributed by atoms with Crippen LogP contribution in [-0.2, 0) is 48.0 Å². The van der Waals surface area contributed by atoms with Crippen LogP contribution in [0.3, 0.4) is 0 Å². The Bertz CT molecular complexity index is 337. The molecule has 0 amide bonds. The van der Waals surface area contributed by atoms with Crippen molar-refractivity contribution in [2.75, 3.05) is 0 Å². The van der Waals surface area contributed by atoms with Gasteiger partial charge in [-0.2, -0.15) is 0 Å². The average Bonchev–Trinajstić information content (AvgIpc) is 1.41. The van der Waals surface area contributed by atoms with Gasteiger partial charge >= 0.3 is 0 Å². The minimum atomic E-state index is -5.17. The molecule has 0 N–H and O–H groups in total. The summed E-state index contributed by atoms with van der Waals surface area (Å²) in [6.45, 7) is 0. The van der Waals surface area contributed by atoms with Gasteiger partial charge in [-0.25, -0.2) is 0 Å². The fourth-order valence-corrected chi connectivity index (χ4v) is 0. The van der Waals surface area contributed by atoms with Gasteiger partial charge in [0.1, 0.15) is 0 Å². The molecular weight excluding hydrogens is 347 g/mol. The zero-order chi connectivity index (χ0) is 13.5.